The molecule has 1 aliphatic rings. The zero-order valence-electron chi connectivity index (χ0n) is 18.5. The first kappa shape index (κ1) is 26.1. The first-order valence-corrected chi connectivity index (χ1v) is 12.0. The van der Waals surface area contributed by atoms with Crippen LogP contribution in [0.2, 0.25) is 0 Å². The third-order valence-corrected chi connectivity index (χ3v) is 7.23. The minimum atomic E-state index is -4.96. The Hall–Kier alpha value is -2.54. The molecule has 1 unspecified atom stereocenters. The average Bonchev–Trinajstić information content (AvgIpc) is 2.80. The Bertz CT molecular complexity index is 1110. The molecule has 186 valence electrons. The van der Waals surface area contributed by atoms with Gasteiger partial charge in [0.05, 0.1) is 0 Å². The Balaban J connectivity index is 1.77. The van der Waals surface area contributed by atoms with Crippen LogP contribution in [0, 0.1) is 23.3 Å². The number of sulfonamides is 1. The van der Waals surface area contributed by atoms with Crippen molar-refractivity contribution in [2.75, 3.05) is 6.61 Å². The molecule has 34 heavy (non-hydrogen) atoms. The number of nitrogens with zero attached hydrogens (tertiary/aromatic N) is 1. The van der Waals surface area contributed by atoms with Gasteiger partial charge in [0.2, 0.25) is 10.0 Å². The Morgan fingerprint density at radius 1 is 1.12 bits per heavy atom. The van der Waals surface area contributed by atoms with E-state index in [0.29, 0.717) is 22.9 Å². The highest BCUT2D eigenvalue weighted by molar-refractivity contribution is 7.89. The quantitative estimate of drug-likeness (QED) is 0.333. The van der Waals surface area contributed by atoms with Crippen LogP contribution < -0.4 is 5.48 Å². The van der Waals surface area contributed by atoms with Crippen molar-refractivity contribution in [1.82, 2.24) is 9.79 Å². The monoisotopic (exact) mass is 504 g/mol. The van der Waals surface area contributed by atoms with E-state index in [1.54, 1.807) is 0 Å². The molecule has 0 saturated carbocycles. The first-order chi connectivity index (χ1) is 16.0. The predicted octanol–water partition coefficient (Wildman–Crippen LogP) is 4.03. The highest BCUT2D eigenvalue weighted by Crippen LogP contribution is 2.29. The van der Waals surface area contributed by atoms with E-state index < -0.39 is 56.4 Å². The molecule has 0 bridgehead atoms. The summed E-state index contributed by atoms with van der Waals surface area (Å²) in [5.41, 5.74) is 2.87. The van der Waals surface area contributed by atoms with E-state index in [0.717, 1.165) is 12.8 Å². The minimum absolute atomic E-state index is 0.0583. The molecule has 2 aromatic carbocycles. The molecule has 0 spiro atoms. The number of hydroxylamine groups is 1. The number of rotatable bonds is 8. The molecule has 1 heterocycles. The van der Waals surface area contributed by atoms with Gasteiger partial charge >= 0.3 is 0 Å². The van der Waals surface area contributed by atoms with Gasteiger partial charge < -0.3 is 4.74 Å². The van der Waals surface area contributed by atoms with Crippen LogP contribution in [0.5, 0.6) is 0 Å². The van der Waals surface area contributed by atoms with Crippen molar-refractivity contribution in [1.29, 1.82) is 0 Å². The highest BCUT2D eigenvalue weighted by Gasteiger charge is 2.36. The second-order valence-corrected chi connectivity index (χ2v) is 9.81. The number of benzene rings is 2. The number of hydrogen-bond acceptors (Lipinski definition) is 5. The summed E-state index contributed by atoms with van der Waals surface area (Å²) in [5.74, 6) is -8.19. The molecule has 0 aliphatic carbocycles. The van der Waals surface area contributed by atoms with Crippen LogP contribution in [0.4, 0.5) is 17.6 Å². The fourth-order valence-corrected chi connectivity index (χ4v) is 5.12. The molecular formula is C22H24F4N2O5S. The smallest absolute Gasteiger partial charge is 0.274 e. The van der Waals surface area contributed by atoms with Gasteiger partial charge in [-0.05, 0) is 44.4 Å². The molecule has 1 amide bonds. The fraction of sp³-hybridized carbons (Fsp3) is 0.409. The third-order valence-electron chi connectivity index (χ3n) is 5.19. The number of carbonyl (C=O) groups excluding carboxylic acids is 1. The van der Waals surface area contributed by atoms with Gasteiger partial charge in [-0.15, -0.1) is 0 Å². The summed E-state index contributed by atoms with van der Waals surface area (Å²) >= 11 is 0. The van der Waals surface area contributed by atoms with E-state index in [9.17, 15) is 30.8 Å². The van der Waals surface area contributed by atoms with Crippen molar-refractivity contribution in [3.63, 3.8) is 0 Å². The van der Waals surface area contributed by atoms with Gasteiger partial charge in [0.15, 0.2) is 34.5 Å². The number of nitrogens with one attached hydrogen (secondary N) is 1. The second-order valence-electron chi connectivity index (χ2n) is 7.98. The maximum absolute atomic E-state index is 14.2. The summed E-state index contributed by atoms with van der Waals surface area (Å²) in [4.78, 5) is 15.8. The summed E-state index contributed by atoms with van der Waals surface area (Å²) in [5, 5.41) is 0. The Kier molecular flexibility index (Phi) is 8.29. The number of ether oxygens (including phenoxy) is 1. The lowest BCUT2D eigenvalue weighted by molar-refractivity contribution is -0.186. The van der Waals surface area contributed by atoms with Crippen LogP contribution in [0.15, 0.2) is 35.2 Å². The molecule has 0 radical (unpaired) electrons. The lowest BCUT2D eigenvalue weighted by Crippen LogP contribution is -2.37. The van der Waals surface area contributed by atoms with Crippen LogP contribution in [0.3, 0.4) is 0 Å². The molecule has 1 aliphatic heterocycles. The van der Waals surface area contributed by atoms with Gasteiger partial charge in [-0.25, -0.2) is 36.3 Å². The first-order valence-electron chi connectivity index (χ1n) is 10.5. The maximum Gasteiger partial charge on any atom is 0.274 e. The number of amides is 1. The van der Waals surface area contributed by atoms with E-state index in [1.807, 2.05) is 0 Å². The average molecular weight is 505 g/mol. The van der Waals surface area contributed by atoms with Crippen molar-refractivity contribution in [3.05, 3.63) is 64.7 Å². The minimum Gasteiger partial charge on any atom is -0.350 e. The zero-order valence-corrected chi connectivity index (χ0v) is 19.3. The standard InChI is InChI=1S/C22H24F4N2O5S/c1-13(2)28(34(30,31)21-19(25)16(23)11-17(24)20(21)26)12-14-6-8-15(9-7-14)22(29)27-33-18-5-3-4-10-32-18/h6-9,11,13,18H,3-5,10,12H2,1-2H3,(H,27,29). The van der Waals surface area contributed by atoms with Gasteiger partial charge in [-0.3, -0.25) is 4.79 Å². The predicted molar refractivity (Wildman–Crippen MR) is 113 cm³/mol. The second kappa shape index (κ2) is 10.8. The summed E-state index contributed by atoms with van der Waals surface area (Å²) in [7, 11) is -4.96. The lowest BCUT2D eigenvalue weighted by atomic mass is 10.1. The van der Waals surface area contributed by atoms with Crippen molar-refractivity contribution >= 4 is 15.9 Å². The van der Waals surface area contributed by atoms with E-state index in [2.05, 4.69) is 5.48 Å². The molecule has 1 atom stereocenters. The topological polar surface area (TPSA) is 84.9 Å². The van der Waals surface area contributed by atoms with Crippen molar-refractivity contribution in [2.24, 2.45) is 0 Å². The number of hydrogen-bond donors (Lipinski definition) is 1. The normalized spacial score (nSPS) is 16.8. The SMILES string of the molecule is CC(C)N(Cc1ccc(C(=O)NOC2CCCCO2)cc1)S(=O)(=O)c1c(F)c(F)cc(F)c1F. The molecule has 1 N–H and O–H groups in total. The van der Waals surface area contributed by atoms with Crippen LogP contribution in [0.1, 0.15) is 49.0 Å². The van der Waals surface area contributed by atoms with Crippen LogP contribution >= 0.6 is 0 Å². The number of halogens is 4. The summed E-state index contributed by atoms with van der Waals surface area (Å²) in [6.45, 7) is 3.05. The Labute approximate surface area is 194 Å². The van der Waals surface area contributed by atoms with E-state index in [-0.39, 0.29) is 18.2 Å². The van der Waals surface area contributed by atoms with Crippen molar-refractivity contribution in [2.45, 2.75) is 56.9 Å². The van der Waals surface area contributed by atoms with E-state index >= 15 is 0 Å². The largest absolute Gasteiger partial charge is 0.350 e. The molecular weight excluding hydrogens is 480 g/mol. The van der Waals surface area contributed by atoms with E-state index in [4.69, 9.17) is 9.57 Å². The van der Waals surface area contributed by atoms with Gasteiger partial charge in [-0.1, -0.05) is 12.1 Å². The van der Waals surface area contributed by atoms with Crippen molar-refractivity contribution in [3.8, 4) is 0 Å². The van der Waals surface area contributed by atoms with E-state index in [1.165, 1.54) is 38.1 Å². The highest BCUT2D eigenvalue weighted by atomic mass is 32.2. The van der Waals surface area contributed by atoms with Crippen LogP contribution in [-0.2, 0) is 26.1 Å². The number of carbonyl (C=O) groups is 1. The fourth-order valence-electron chi connectivity index (χ4n) is 3.36. The van der Waals surface area contributed by atoms with Gasteiger partial charge in [0.1, 0.15) is 0 Å². The Morgan fingerprint density at radius 2 is 1.74 bits per heavy atom. The third kappa shape index (κ3) is 5.74. The zero-order chi connectivity index (χ0) is 25.0. The Morgan fingerprint density at radius 3 is 2.26 bits per heavy atom. The van der Waals surface area contributed by atoms with Gasteiger partial charge in [-0.2, -0.15) is 4.31 Å². The summed E-state index contributed by atoms with van der Waals surface area (Å²) in [6, 6.07) is 4.82. The molecule has 0 aromatic heterocycles. The van der Waals surface area contributed by atoms with Crippen LogP contribution in [0.25, 0.3) is 0 Å². The molecule has 2 aromatic rings. The van der Waals surface area contributed by atoms with Crippen molar-refractivity contribution < 1.29 is 40.3 Å². The summed E-state index contributed by atoms with van der Waals surface area (Å²) < 4.78 is 87.6. The van der Waals surface area contributed by atoms with Gasteiger partial charge in [0, 0.05) is 37.2 Å². The summed E-state index contributed by atoms with van der Waals surface area (Å²) in [6.07, 6.45) is 1.96. The maximum atomic E-state index is 14.2. The molecule has 1 fully saturated rings. The molecule has 12 heteroatoms. The molecule has 1 saturated heterocycles. The van der Waals surface area contributed by atoms with Gasteiger partial charge in [0.25, 0.3) is 5.91 Å². The van der Waals surface area contributed by atoms with Crippen LogP contribution in [-0.4, -0.2) is 37.6 Å². The molecule has 7 nitrogen and oxygen atoms in total. The lowest BCUT2D eigenvalue weighted by Gasteiger charge is -2.26. The molecule has 3 rings (SSSR count).